The highest BCUT2D eigenvalue weighted by Gasteiger charge is 2.07. The third-order valence-electron chi connectivity index (χ3n) is 1.67. The first kappa shape index (κ1) is 8.07. The Labute approximate surface area is 79.0 Å². The van der Waals surface area contributed by atoms with Crippen LogP contribution in [0.5, 0.6) is 5.75 Å². The third-order valence-corrected chi connectivity index (χ3v) is 1.95. The standard InChI is InChI=1S/C8H6ClN3O/c9-7-6-4(11-8(10)12-7)2-1-3-5(6)13/h1-3,13H,(H2,10,11,12). The first-order chi connectivity index (χ1) is 6.18. The molecule has 5 heteroatoms. The van der Waals surface area contributed by atoms with Crippen LogP contribution in [-0.4, -0.2) is 15.1 Å². The van der Waals surface area contributed by atoms with E-state index in [9.17, 15) is 5.11 Å². The van der Waals surface area contributed by atoms with Gasteiger partial charge in [-0.05, 0) is 12.1 Å². The number of hydrogen-bond acceptors (Lipinski definition) is 4. The van der Waals surface area contributed by atoms with Crippen LogP contribution in [0, 0.1) is 0 Å². The number of hydrogen-bond donors (Lipinski definition) is 2. The van der Waals surface area contributed by atoms with Gasteiger partial charge in [-0.15, -0.1) is 0 Å². The predicted molar refractivity (Wildman–Crippen MR) is 50.6 cm³/mol. The molecular weight excluding hydrogens is 190 g/mol. The largest absolute Gasteiger partial charge is 0.507 e. The van der Waals surface area contributed by atoms with Crippen LogP contribution in [0.15, 0.2) is 18.2 Å². The minimum Gasteiger partial charge on any atom is -0.507 e. The number of fused-ring (bicyclic) bond motifs is 1. The van der Waals surface area contributed by atoms with Crippen LogP contribution in [0.4, 0.5) is 5.95 Å². The van der Waals surface area contributed by atoms with Crippen molar-refractivity contribution in [2.75, 3.05) is 5.73 Å². The van der Waals surface area contributed by atoms with Crippen molar-refractivity contribution in [3.63, 3.8) is 0 Å². The Morgan fingerprint density at radius 2 is 2.08 bits per heavy atom. The van der Waals surface area contributed by atoms with Crippen molar-refractivity contribution in [1.29, 1.82) is 0 Å². The van der Waals surface area contributed by atoms with Gasteiger partial charge < -0.3 is 10.8 Å². The Morgan fingerprint density at radius 1 is 1.31 bits per heavy atom. The van der Waals surface area contributed by atoms with E-state index in [1.54, 1.807) is 12.1 Å². The summed E-state index contributed by atoms with van der Waals surface area (Å²) < 4.78 is 0. The quantitative estimate of drug-likeness (QED) is 0.626. The fraction of sp³-hybridized carbons (Fsp3) is 0. The molecule has 0 radical (unpaired) electrons. The summed E-state index contributed by atoms with van der Waals surface area (Å²) in [5.74, 6) is 0.158. The van der Waals surface area contributed by atoms with Gasteiger partial charge in [-0.3, -0.25) is 0 Å². The lowest BCUT2D eigenvalue weighted by molar-refractivity contribution is 0.481. The van der Waals surface area contributed by atoms with Gasteiger partial charge in [0.15, 0.2) is 0 Å². The van der Waals surface area contributed by atoms with Gasteiger partial charge in [0.05, 0.1) is 10.9 Å². The maximum Gasteiger partial charge on any atom is 0.222 e. The highest BCUT2D eigenvalue weighted by molar-refractivity contribution is 6.34. The molecular formula is C8H6ClN3O. The van der Waals surface area contributed by atoms with Crippen molar-refractivity contribution in [3.8, 4) is 5.75 Å². The van der Waals surface area contributed by atoms with Crippen LogP contribution in [0.1, 0.15) is 0 Å². The number of anilines is 1. The maximum absolute atomic E-state index is 9.44. The summed E-state index contributed by atoms with van der Waals surface area (Å²) in [6.45, 7) is 0. The SMILES string of the molecule is Nc1nc(Cl)c2c(O)cccc2n1. The molecule has 66 valence electrons. The molecule has 0 fully saturated rings. The lowest BCUT2D eigenvalue weighted by Gasteiger charge is -2.01. The van der Waals surface area contributed by atoms with E-state index in [4.69, 9.17) is 17.3 Å². The summed E-state index contributed by atoms with van der Waals surface area (Å²) in [5.41, 5.74) is 5.93. The van der Waals surface area contributed by atoms with Crippen molar-refractivity contribution < 1.29 is 5.11 Å². The van der Waals surface area contributed by atoms with E-state index >= 15 is 0 Å². The fourth-order valence-corrected chi connectivity index (χ4v) is 1.42. The van der Waals surface area contributed by atoms with Crippen LogP contribution in [0.2, 0.25) is 5.15 Å². The molecule has 0 aliphatic heterocycles. The van der Waals surface area contributed by atoms with Crippen molar-refractivity contribution in [1.82, 2.24) is 9.97 Å². The number of halogens is 1. The average molecular weight is 196 g/mol. The Hall–Kier alpha value is -1.55. The first-order valence-electron chi connectivity index (χ1n) is 3.59. The molecule has 2 rings (SSSR count). The Morgan fingerprint density at radius 3 is 2.85 bits per heavy atom. The van der Waals surface area contributed by atoms with Crippen molar-refractivity contribution in [2.45, 2.75) is 0 Å². The Kier molecular flexibility index (Phi) is 1.70. The van der Waals surface area contributed by atoms with Crippen LogP contribution in [0.25, 0.3) is 10.9 Å². The first-order valence-corrected chi connectivity index (χ1v) is 3.97. The second-order valence-electron chi connectivity index (χ2n) is 2.54. The zero-order valence-corrected chi connectivity index (χ0v) is 7.28. The number of phenols is 1. The Balaban J connectivity index is 2.94. The van der Waals surface area contributed by atoms with Gasteiger partial charge in [-0.25, -0.2) is 9.97 Å². The molecule has 13 heavy (non-hydrogen) atoms. The number of rotatable bonds is 0. The van der Waals surface area contributed by atoms with Gasteiger partial charge in [0.25, 0.3) is 0 Å². The molecule has 0 bridgehead atoms. The van der Waals surface area contributed by atoms with Crippen molar-refractivity contribution >= 4 is 28.5 Å². The molecule has 0 saturated carbocycles. The van der Waals surface area contributed by atoms with Gasteiger partial charge >= 0.3 is 0 Å². The maximum atomic E-state index is 9.44. The molecule has 0 amide bonds. The number of aromatic hydroxyl groups is 1. The van der Waals surface area contributed by atoms with E-state index in [0.29, 0.717) is 10.9 Å². The zero-order valence-electron chi connectivity index (χ0n) is 6.53. The molecule has 0 aliphatic rings. The van der Waals surface area contributed by atoms with Crippen molar-refractivity contribution in [3.05, 3.63) is 23.4 Å². The number of phenolic OH excluding ortho intramolecular Hbond substituents is 1. The molecule has 0 saturated heterocycles. The van der Waals surface area contributed by atoms with Gasteiger partial charge in [-0.2, -0.15) is 0 Å². The van der Waals surface area contributed by atoms with Crippen molar-refractivity contribution in [2.24, 2.45) is 0 Å². The number of nitrogens with two attached hydrogens (primary N) is 1. The summed E-state index contributed by atoms with van der Waals surface area (Å²) >= 11 is 5.78. The molecule has 1 aromatic heterocycles. The minimum atomic E-state index is 0.0579. The fourth-order valence-electron chi connectivity index (χ4n) is 1.14. The minimum absolute atomic E-state index is 0.0579. The highest BCUT2D eigenvalue weighted by Crippen LogP contribution is 2.28. The topological polar surface area (TPSA) is 72.0 Å². The second kappa shape index (κ2) is 2.74. The van der Waals surface area contributed by atoms with Gasteiger partial charge in [0.1, 0.15) is 10.9 Å². The normalized spacial score (nSPS) is 10.5. The summed E-state index contributed by atoms with van der Waals surface area (Å²) in [6.07, 6.45) is 0. The van der Waals surface area contributed by atoms with Gasteiger partial charge in [0.2, 0.25) is 5.95 Å². The molecule has 2 aromatic rings. The number of nitrogens with zero attached hydrogens (tertiary/aromatic N) is 2. The van der Waals surface area contributed by atoms with Crippen LogP contribution in [-0.2, 0) is 0 Å². The van der Waals surface area contributed by atoms with Crippen LogP contribution < -0.4 is 5.73 Å². The molecule has 0 unspecified atom stereocenters. The van der Waals surface area contributed by atoms with Gasteiger partial charge in [-0.1, -0.05) is 17.7 Å². The molecule has 0 aliphatic carbocycles. The average Bonchev–Trinajstić information content (AvgIpc) is 2.02. The number of benzene rings is 1. The molecule has 1 aromatic carbocycles. The Bertz CT molecular complexity index is 472. The van der Waals surface area contributed by atoms with Gasteiger partial charge in [0, 0.05) is 0 Å². The summed E-state index contributed by atoms with van der Waals surface area (Å²) in [6, 6.07) is 4.90. The molecule has 4 nitrogen and oxygen atoms in total. The summed E-state index contributed by atoms with van der Waals surface area (Å²) in [4.78, 5) is 7.65. The zero-order chi connectivity index (χ0) is 9.42. The summed E-state index contributed by atoms with van der Waals surface area (Å²) in [5, 5.41) is 10.0. The molecule has 0 spiro atoms. The van der Waals surface area contributed by atoms with E-state index in [2.05, 4.69) is 9.97 Å². The summed E-state index contributed by atoms with van der Waals surface area (Å²) in [7, 11) is 0. The molecule has 3 N–H and O–H groups in total. The lowest BCUT2D eigenvalue weighted by atomic mass is 10.2. The number of aromatic nitrogens is 2. The second-order valence-corrected chi connectivity index (χ2v) is 2.90. The van der Waals surface area contributed by atoms with Crippen LogP contribution in [0.3, 0.4) is 0 Å². The number of nitrogen functional groups attached to an aromatic ring is 1. The lowest BCUT2D eigenvalue weighted by Crippen LogP contribution is -1.95. The predicted octanol–water partition coefficient (Wildman–Crippen LogP) is 1.57. The van der Waals surface area contributed by atoms with E-state index in [1.165, 1.54) is 6.07 Å². The molecule has 1 heterocycles. The van der Waals surface area contributed by atoms with Crippen LogP contribution >= 0.6 is 11.6 Å². The van der Waals surface area contributed by atoms with E-state index < -0.39 is 0 Å². The highest BCUT2D eigenvalue weighted by atomic mass is 35.5. The molecule has 0 atom stereocenters. The third kappa shape index (κ3) is 1.25. The smallest absolute Gasteiger partial charge is 0.222 e. The monoisotopic (exact) mass is 195 g/mol. The van der Waals surface area contributed by atoms with E-state index in [0.717, 1.165) is 0 Å². The van der Waals surface area contributed by atoms with E-state index in [-0.39, 0.29) is 16.9 Å². The van der Waals surface area contributed by atoms with E-state index in [1.807, 2.05) is 0 Å².